The van der Waals surface area contributed by atoms with Gasteiger partial charge in [0.05, 0.1) is 6.04 Å². The molecule has 0 amide bonds. The van der Waals surface area contributed by atoms with Gasteiger partial charge in [-0.25, -0.2) is 0 Å². The molecule has 0 radical (unpaired) electrons. The summed E-state index contributed by atoms with van der Waals surface area (Å²) in [5.41, 5.74) is 1.36. The Morgan fingerprint density at radius 1 is 1.15 bits per heavy atom. The van der Waals surface area contributed by atoms with Gasteiger partial charge in [0.1, 0.15) is 0 Å². The Hall–Kier alpha value is -0.940. The fraction of sp³-hybridized carbons (Fsp3) is 0.625. The third kappa shape index (κ3) is 6.48. The van der Waals surface area contributed by atoms with Gasteiger partial charge in [-0.05, 0) is 39.0 Å². The average Bonchev–Trinajstić information content (AvgIpc) is 2.46. The largest absolute Gasteiger partial charge is 0.354 e. The molecule has 0 spiro atoms. The molecule has 114 valence electrons. The van der Waals surface area contributed by atoms with Crippen molar-refractivity contribution in [1.29, 1.82) is 0 Å². The number of hydrogen-bond donors (Lipinski definition) is 1. The SMILES string of the molecule is COC(OC)C(C)NCCCN(C)Cc1ccccc1. The minimum Gasteiger partial charge on any atom is -0.354 e. The summed E-state index contributed by atoms with van der Waals surface area (Å²) in [4.78, 5) is 2.34. The fourth-order valence-corrected chi connectivity index (χ4v) is 2.25. The summed E-state index contributed by atoms with van der Waals surface area (Å²) in [6.45, 7) is 5.10. The average molecular weight is 280 g/mol. The molecule has 1 rings (SSSR count). The predicted molar refractivity (Wildman–Crippen MR) is 82.7 cm³/mol. The highest BCUT2D eigenvalue weighted by Gasteiger charge is 2.14. The maximum Gasteiger partial charge on any atom is 0.171 e. The molecule has 1 aromatic rings. The van der Waals surface area contributed by atoms with Crippen molar-refractivity contribution in [2.24, 2.45) is 0 Å². The molecule has 20 heavy (non-hydrogen) atoms. The number of rotatable bonds is 10. The first-order valence-electron chi connectivity index (χ1n) is 7.18. The van der Waals surface area contributed by atoms with E-state index < -0.39 is 0 Å². The first-order chi connectivity index (χ1) is 9.67. The highest BCUT2D eigenvalue weighted by Crippen LogP contribution is 2.03. The van der Waals surface area contributed by atoms with E-state index in [9.17, 15) is 0 Å². The molecule has 1 unspecified atom stereocenters. The Morgan fingerprint density at radius 3 is 2.40 bits per heavy atom. The molecule has 0 aliphatic carbocycles. The van der Waals surface area contributed by atoms with E-state index in [1.807, 2.05) is 0 Å². The Kier molecular flexibility index (Phi) is 8.46. The van der Waals surface area contributed by atoms with Crippen molar-refractivity contribution in [3.63, 3.8) is 0 Å². The number of nitrogens with zero attached hydrogens (tertiary/aromatic N) is 1. The van der Waals surface area contributed by atoms with E-state index in [0.717, 1.165) is 26.1 Å². The lowest BCUT2D eigenvalue weighted by Gasteiger charge is -2.23. The van der Waals surface area contributed by atoms with Crippen LogP contribution in [0.4, 0.5) is 0 Å². The van der Waals surface area contributed by atoms with E-state index >= 15 is 0 Å². The lowest BCUT2D eigenvalue weighted by Crippen LogP contribution is -2.40. The first kappa shape index (κ1) is 17.1. The molecule has 0 saturated heterocycles. The molecule has 4 heteroatoms. The second kappa shape index (κ2) is 9.88. The van der Waals surface area contributed by atoms with E-state index in [-0.39, 0.29) is 12.3 Å². The summed E-state index contributed by atoms with van der Waals surface area (Å²) in [6, 6.07) is 10.8. The fourth-order valence-electron chi connectivity index (χ4n) is 2.25. The molecule has 1 aromatic carbocycles. The summed E-state index contributed by atoms with van der Waals surface area (Å²) in [5.74, 6) is 0. The van der Waals surface area contributed by atoms with Gasteiger partial charge in [0.2, 0.25) is 0 Å². The number of ether oxygens (including phenoxy) is 2. The van der Waals surface area contributed by atoms with Crippen molar-refractivity contribution in [1.82, 2.24) is 10.2 Å². The van der Waals surface area contributed by atoms with Crippen LogP contribution in [0.3, 0.4) is 0 Å². The Morgan fingerprint density at radius 2 is 1.80 bits per heavy atom. The van der Waals surface area contributed by atoms with Crippen LogP contribution in [0.5, 0.6) is 0 Å². The van der Waals surface area contributed by atoms with Crippen molar-refractivity contribution in [3.8, 4) is 0 Å². The van der Waals surface area contributed by atoms with E-state index in [1.165, 1.54) is 5.56 Å². The number of nitrogens with one attached hydrogen (secondary N) is 1. The zero-order valence-electron chi connectivity index (χ0n) is 13.1. The Labute approximate surface area is 123 Å². The number of hydrogen-bond acceptors (Lipinski definition) is 4. The normalized spacial score (nSPS) is 13.1. The minimum absolute atomic E-state index is 0.183. The van der Waals surface area contributed by atoms with Gasteiger partial charge in [0.15, 0.2) is 6.29 Å². The van der Waals surface area contributed by atoms with Crippen LogP contribution in [0, 0.1) is 0 Å². The van der Waals surface area contributed by atoms with Gasteiger partial charge in [0.25, 0.3) is 0 Å². The van der Waals surface area contributed by atoms with Crippen LogP contribution in [0.1, 0.15) is 18.9 Å². The highest BCUT2D eigenvalue weighted by molar-refractivity contribution is 5.14. The smallest absolute Gasteiger partial charge is 0.171 e. The van der Waals surface area contributed by atoms with Crippen molar-refractivity contribution >= 4 is 0 Å². The molecule has 1 atom stereocenters. The zero-order valence-corrected chi connectivity index (χ0v) is 13.1. The van der Waals surface area contributed by atoms with E-state index in [1.54, 1.807) is 14.2 Å². The predicted octanol–water partition coefficient (Wildman–Crippen LogP) is 2.11. The van der Waals surface area contributed by atoms with Crippen LogP contribution in [-0.4, -0.2) is 51.6 Å². The lowest BCUT2D eigenvalue weighted by molar-refractivity contribution is -0.119. The van der Waals surface area contributed by atoms with Crippen molar-refractivity contribution in [2.45, 2.75) is 32.2 Å². The van der Waals surface area contributed by atoms with E-state index in [2.05, 4.69) is 54.5 Å². The van der Waals surface area contributed by atoms with Gasteiger partial charge >= 0.3 is 0 Å². The lowest BCUT2D eigenvalue weighted by atomic mass is 10.2. The highest BCUT2D eigenvalue weighted by atomic mass is 16.7. The van der Waals surface area contributed by atoms with Crippen LogP contribution in [-0.2, 0) is 16.0 Å². The van der Waals surface area contributed by atoms with E-state index in [0.29, 0.717) is 0 Å². The quantitative estimate of drug-likeness (QED) is 0.526. The summed E-state index contributed by atoms with van der Waals surface area (Å²) in [5, 5.41) is 3.43. The molecule has 1 N–H and O–H groups in total. The van der Waals surface area contributed by atoms with Gasteiger partial charge < -0.3 is 19.7 Å². The van der Waals surface area contributed by atoms with Crippen LogP contribution < -0.4 is 5.32 Å². The zero-order chi connectivity index (χ0) is 14.8. The van der Waals surface area contributed by atoms with Crippen molar-refractivity contribution in [2.75, 3.05) is 34.4 Å². The van der Waals surface area contributed by atoms with Crippen LogP contribution >= 0.6 is 0 Å². The molecular weight excluding hydrogens is 252 g/mol. The molecule has 0 bridgehead atoms. The molecule has 0 fully saturated rings. The molecule has 0 aliphatic rings. The maximum absolute atomic E-state index is 5.22. The topological polar surface area (TPSA) is 33.7 Å². The van der Waals surface area contributed by atoms with Gasteiger partial charge in [-0.2, -0.15) is 0 Å². The molecule has 0 heterocycles. The number of methoxy groups -OCH3 is 2. The third-order valence-electron chi connectivity index (χ3n) is 3.35. The van der Waals surface area contributed by atoms with Crippen molar-refractivity contribution in [3.05, 3.63) is 35.9 Å². The molecule has 0 aromatic heterocycles. The minimum atomic E-state index is -0.183. The monoisotopic (exact) mass is 280 g/mol. The first-order valence-corrected chi connectivity index (χ1v) is 7.18. The van der Waals surface area contributed by atoms with Crippen molar-refractivity contribution < 1.29 is 9.47 Å². The van der Waals surface area contributed by atoms with Crippen LogP contribution in [0.25, 0.3) is 0 Å². The van der Waals surface area contributed by atoms with Gasteiger partial charge in [-0.3, -0.25) is 0 Å². The molecule has 4 nitrogen and oxygen atoms in total. The van der Waals surface area contributed by atoms with Crippen LogP contribution in [0.15, 0.2) is 30.3 Å². The maximum atomic E-state index is 5.22. The molecule has 0 aliphatic heterocycles. The summed E-state index contributed by atoms with van der Waals surface area (Å²) < 4.78 is 10.4. The molecular formula is C16H28N2O2. The second-order valence-corrected chi connectivity index (χ2v) is 5.16. The summed E-state index contributed by atoms with van der Waals surface area (Å²) in [6.07, 6.45) is 0.922. The Bertz CT molecular complexity index is 342. The standard InChI is InChI=1S/C16H28N2O2/c1-14(16(19-3)20-4)17-11-8-12-18(2)13-15-9-6-5-7-10-15/h5-7,9-10,14,16-17H,8,11-13H2,1-4H3. The van der Waals surface area contributed by atoms with Gasteiger partial charge in [-0.15, -0.1) is 0 Å². The summed E-state index contributed by atoms with van der Waals surface area (Å²) in [7, 11) is 5.49. The van der Waals surface area contributed by atoms with Gasteiger partial charge in [0, 0.05) is 20.8 Å². The van der Waals surface area contributed by atoms with Gasteiger partial charge in [-0.1, -0.05) is 30.3 Å². The molecule has 0 saturated carbocycles. The summed E-state index contributed by atoms with van der Waals surface area (Å²) >= 11 is 0. The van der Waals surface area contributed by atoms with Crippen LogP contribution in [0.2, 0.25) is 0 Å². The third-order valence-corrected chi connectivity index (χ3v) is 3.35. The Balaban J connectivity index is 2.14. The number of benzene rings is 1. The second-order valence-electron chi connectivity index (χ2n) is 5.16. The van der Waals surface area contributed by atoms with E-state index in [4.69, 9.17) is 9.47 Å².